The Morgan fingerprint density at radius 3 is 2.53 bits per heavy atom. The third-order valence-corrected chi connectivity index (χ3v) is 2.98. The molecule has 1 aliphatic rings. The second kappa shape index (κ2) is 4.23. The van der Waals surface area contributed by atoms with E-state index in [9.17, 15) is 9.59 Å². The van der Waals surface area contributed by atoms with Gasteiger partial charge in [-0.15, -0.1) is 0 Å². The van der Waals surface area contributed by atoms with Crippen molar-refractivity contribution < 1.29 is 4.42 Å². The van der Waals surface area contributed by atoms with Crippen LogP contribution >= 0.6 is 11.6 Å². The maximum atomic E-state index is 11.6. The summed E-state index contributed by atoms with van der Waals surface area (Å²) < 4.78 is 5.90. The van der Waals surface area contributed by atoms with Crippen molar-refractivity contribution in [3.05, 3.63) is 32.2 Å². The lowest BCUT2D eigenvalue weighted by atomic mass is 9.95. The van der Waals surface area contributed by atoms with E-state index in [-0.39, 0.29) is 16.8 Å². The SMILES string of the molecule is O=c1cc(Cl)oc(=O)n1C1CCCCC1. The molecule has 0 aliphatic heterocycles. The average molecular weight is 230 g/mol. The fourth-order valence-corrected chi connectivity index (χ4v) is 2.25. The van der Waals surface area contributed by atoms with E-state index in [2.05, 4.69) is 0 Å². The third kappa shape index (κ3) is 2.15. The highest BCUT2D eigenvalue weighted by atomic mass is 35.5. The molecule has 1 saturated carbocycles. The van der Waals surface area contributed by atoms with Gasteiger partial charge < -0.3 is 4.42 Å². The second-order valence-corrected chi connectivity index (χ2v) is 4.19. The Bertz CT molecular complexity index is 425. The van der Waals surface area contributed by atoms with E-state index >= 15 is 0 Å². The Morgan fingerprint density at radius 1 is 1.27 bits per heavy atom. The van der Waals surface area contributed by atoms with Crippen LogP contribution in [0.1, 0.15) is 38.1 Å². The first kappa shape index (κ1) is 10.5. The first-order chi connectivity index (χ1) is 7.18. The molecule has 15 heavy (non-hydrogen) atoms. The van der Waals surface area contributed by atoms with Crippen LogP contribution in [0.15, 0.2) is 20.1 Å². The van der Waals surface area contributed by atoms with Crippen molar-refractivity contribution in [3.8, 4) is 0 Å². The zero-order chi connectivity index (χ0) is 10.8. The quantitative estimate of drug-likeness (QED) is 0.740. The van der Waals surface area contributed by atoms with E-state index in [0.29, 0.717) is 0 Å². The van der Waals surface area contributed by atoms with E-state index in [1.807, 2.05) is 0 Å². The summed E-state index contributed by atoms with van der Waals surface area (Å²) in [6.07, 6.45) is 5.01. The molecule has 1 aromatic rings. The van der Waals surface area contributed by atoms with Gasteiger partial charge in [0, 0.05) is 6.04 Å². The number of halogens is 1. The minimum atomic E-state index is -0.639. The fraction of sp³-hybridized carbons (Fsp3) is 0.600. The molecule has 0 atom stereocenters. The zero-order valence-electron chi connectivity index (χ0n) is 8.24. The molecule has 0 saturated heterocycles. The van der Waals surface area contributed by atoms with Crippen molar-refractivity contribution in [2.45, 2.75) is 38.1 Å². The van der Waals surface area contributed by atoms with E-state index in [1.165, 1.54) is 11.0 Å². The van der Waals surface area contributed by atoms with Crippen molar-refractivity contribution in [1.82, 2.24) is 4.57 Å². The van der Waals surface area contributed by atoms with Crippen LogP contribution in [0.5, 0.6) is 0 Å². The van der Waals surface area contributed by atoms with Crippen molar-refractivity contribution in [3.63, 3.8) is 0 Å². The number of hydrogen-bond acceptors (Lipinski definition) is 3. The highest BCUT2D eigenvalue weighted by Gasteiger charge is 2.19. The van der Waals surface area contributed by atoms with E-state index in [4.69, 9.17) is 16.0 Å². The van der Waals surface area contributed by atoms with Gasteiger partial charge in [-0.05, 0) is 24.4 Å². The summed E-state index contributed by atoms with van der Waals surface area (Å²) in [5.41, 5.74) is -0.358. The maximum absolute atomic E-state index is 11.6. The number of aromatic nitrogens is 1. The highest BCUT2D eigenvalue weighted by Crippen LogP contribution is 2.25. The molecule has 82 valence electrons. The Hall–Kier alpha value is -1.03. The molecule has 1 aromatic heterocycles. The van der Waals surface area contributed by atoms with Gasteiger partial charge in [-0.25, -0.2) is 9.36 Å². The summed E-state index contributed by atoms with van der Waals surface area (Å²) in [4.78, 5) is 23.1. The number of rotatable bonds is 1. The summed E-state index contributed by atoms with van der Waals surface area (Å²) in [5, 5.41) is -0.142. The van der Waals surface area contributed by atoms with Crippen LogP contribution in [0.25, 0.3) is 0 Å². The normalized spacial score (nSPS) is 17.9. The molecule has 0 radical (unpaired) electrons. The molecule has 2 rings (SSSR count). The van der Waals surface area contributed by atoms with Crippen LogP contribution < -0.4 is 11.3 Å². The maximum Gasteiger partial charge on any atom is 0.423 e. The lowest BCUT2D eigenvalue weighted by Crippen LogP contribution is -2.36. The van der Waals surface area contributed by atoms with Gasteiger partial charge in [0.05, 0.1) is 6.07 Å². The molecule has 4 nitrogen and oxygen atoms in total. The van der Waals surface area contributed by atoms with Crippen LogP contribution in [0.3, 0.4) is 0 Å². The Balaban J connectivity index is 2.43. The minimum absolute atomic E-state index is 0.0141. The molecular formula is C10H12ClNO3. The summed E-state index contributed by atoms with van der Waals surface area (Å²) in [6, 6.07) is 1.14. The second-order valence-electron chi connectivity index (χ2n) is 3.82. The topological polar surface area (TPSA) is 52.2 Å². The lowest BCUT2D eigenvalue weighted by molar-refractivity contribution is 0.300. The summed E-state index contributed by atoms with van der Waals surface area (Å²) >= 11 is 5.48. The molecule has 0 aromatic carbocycles. The molecule has 0 bridgehead atoms. The van der Waals surface area contributed by atoms with Gasteiger partial charge in [0.2, 0.25) is 5.22 Å². The number of hydrogen-bond donors (Lipinski definition) is 0. The monoisotopic (exact) mass is 229 g/mol. The van der Waals surface area contributed by atoms with Crippen LogP contribution in [-0.4, -0.2) is 4.57 Å². The molecule has 0 amide bonds. The van der Waals surface area contributed by atoms with E-state index in [1.54, 1.807) is 0 Å². The van der Waals surface area contributed by atoms with Gasteiger partial charge in [-0.2, -0.15) is 0 Å². The van der Waals surface area contributed by atoms with Crippen molar-refractivity contribution in [2.24, 2.45) is 0 Å². The first-order valence-corrected chi connectivity index (χ1v) is 5.48. The van der Waals surface area contributed by atoms with Gasteiger partial charge in [-0.3, -0.25) is 4.79 Å². The molecule has 0 N–H and O–H groups in total. The smallest absolute Gasteiger partial charge is 0.397 e. The minimum Gasteiger partial charge on any atom is -0.397 e. The summed E-state index contributed by atoms with van der Waals surface area (Å²) in [7, 11) is 0. The Kier molecular flexibility index (Phi) is 2.95. The molecule has 1 fully saturated rings. The van der Waals surface area contributed by atoms with Gasteiger partial charge in [0.15, 0.2) is 0 Å². The molecule has 5 heteroatoms. The fourth-order valence-electron chi connectivity index (χ4n) is 2.09. The molecule has 1 heterocycles. The molecular weight excluding hydrogens is 218 g/mol. The van der Waals surface area contributed by atoms with E-state index < -0.39 is 5.76 Å². The van der Waals surface area contributed by atoms with Crippen molar-refractivity contribution in [1.29, 1.82) is 0 Å². The van der Waals surface area contributed by atoms with Crippen LogP contribution in [0.4, 0.5) is 0 Å². The van der Waals surface area contributed by atoms with Crippen LogP contribution in [0.2, 0.25) is 5.22 Å². The highest BCUT2D eigenvalue weighted by molar-refractivity contribution is 6.28. The largest absolute Gasteiger partial charge is 0.423 e. The predicted molar refractivity (Wildman–Crippen MR) is 56.4 cm³/mol. The average Bonchev–Trinajstić information content (AvgIpc) is 2.17. The van der Waals surface area contributed by atoms with Gasteiger partial charge in [0.25, 0.3) is 5.56 Å². The molecule has 0 unspecified atom stereocenters. The van der Waals surface area contributed by atoms with Gasteiger partial charge in [0.1, 0.15) is 0 Å². The van der Waals surface area contributed by atoms with E-state index in [0.717, 1.165) is 31.7 Å². The molecule has 0 spiro atoms. The predicted octanol–water partition coefficient (Wildman–Crippen LogP) is 1.96. The lowest BCUT2D eigenvalue weighted by Gasteiger charge is -2.21. The first-order valence-electron chi connectivity index (χ1n) is 5.10. The van der Waals surface area contributed by atoms with Crippen molar-refractivity contribution in [2.75, 3.05) is 0 Å². The zero-order valence-corrected chi connectivity index (χ0v) is 9.00. The standard InChI is InChI=1S/C10H12ClNO3/c11-8-6-9(13)12(10(14)15-8)7-4-2-1-3-5-7/h6-7H,1-5H2. The van der Waals surface area contributed by atoms with Gasteiger partial charge in [-0.1, -0.05) is 19.3 Å². The summed E-state index contributed by atoms with van der Waals surface area (Å²) in [5.74, 6) is -0.639. The Morgan fingerprint density at radius 2 is 1.93 bits per heavy atom. The van der Waals surface area contributed by atoms with Crippen molar-refractivity contribution >= 4 is 11.6 Å². The van der Waals surface area contributed by atoms with Crippen LogP contribution in [0, 0.1) is 0 Å². The Labute approximate surface area is 91.5 Å². The summed E-state index contributed by atoms with van der Waals surface area (Å²) in [6.45, 7) is 0. The van der Waals surface area contributed by atoms with Gasteiger partial charge >= 0.3 is 5.76 Å². The molecule has 1 aliphatic carbocycles. The third-order valence-electron chi connectivity index (χ3n) is 2.80. The van der Waals surface area contributed by atoms with Crippen LogP contribution in [-0.2, 0) is 0 Å². The number of nitrogens with zero attached hydrogens (tertiary/aromatic N) is 1.